The first-order valence-corrected chi connectivity index (χ1v) is 4.99. The van der Waals surface area contributed by atoms with Crippen molar-refractivity contribution in [2.24, 2.45) is 11.1 Å². The highest BCUT2D eigenvalue weighted by Crippen LogP contribution is 2.36. The highest BCUT2D eigenvalue weighted by atomic mass is 15.0. The molecule has 0 aromatic rings. The SMILES string of the molecule is NCC1CC2(CCNCC2)CN1. The molecule has 3 nitrogen and oxygen atoms in total. The van der Waals surface area contributed by atoms with Crippen LogP contribution in [0.5, 0.6) is 0 Å². The number of nitrogens with two attached hydrogens (primary N) is 1. The summed E-state index contributed by atoms with van der Waals surface area (Å²) in [6, 6.07) is 0.586. The van der Waals surface area contributed by atoms with Crippen molar-refractivity contribution in [2.45, 2.75) is 25.3 Å². The molecule has 2 rings (SSSR count). The Kier molecular flexibility index (Phi) is 2.35. The lowest BCUT2D eigenvalue weighted by molar-refractivity contribution is 0.225. The van der Waals surface area contributed by atoms with E-state index >= 15 is 0 Å². The van der Waals surface area contributed by atoms with Crippen LogP contribution in [-0.2, 0) is 0 Å². The van der Waals surface area contributed by atoms with Gasteiger partial charge in [0, 0.05) is 19.1 Å². The number of nitrogens with one attached hydrogen (secondary N) is 2. The summed E-state index contributed by atoms with van der Waals surface area (Å²) in [4.78, 5) is 0. The van der Waals surface area contributed by atoms with Gasteiger partial charge in [0.05, 0.1) is 0 Å². The Labute approximate surface area is 74.1 Å². The highest BCUT2D eigenvalue weighted by molar-refractivity contribution is 4.96. The summed E-state index contributed by atoms with van der Waals surface area (Å²) in [5.74, 6) is 0. The molecule has 1 unspecified atom stereocenters. The van der Waals surface area contributed by atoms with Gasteiger partial charge in [-0.3, -0.25) is 0 Å². The third kappa shape index (κ3) is 1.49. The van der Waals surface area contributed by atoms with Crippen molar-refractivity contribution in [3.63, 3.8) is 0 Å². The van der Waals surface area contributed by atoms with E-state index in [-0.39, 0.29) is 0 Å². The number of hydrogen-bond acceptors (Lipinski definition) is 3. The third-order valence-corrected chi connectivity index (χ3v) is 3.39. The summed E-state index contributed by atoms with van der Waals surface area (Å²) in [7, 11) is 0. The minimum atomic E-state index is 0.586. The van der Waals surface area contributed by atoms with Crippen LogP contribution in [0.15, 0.2) is 0 Å². The average molecular weight is 169 g/mol. The van der Waals surface area contributed by atoms with E-state index in [0.717, 1.165) is 6.54 Å². The summed E-state index contributed by atoms with van der Waals surface area (Å²) in [6.07, 6.45) is 3.96. The van der Waals surface area contributed by atoms with Gasteiger partial charge in [-0.2, -0.15) is 0 Å². The van der Waals surface area contributed by atoms with Gasteiger partial charge in [0.15, 0.2) is 0 Å². The predicted octanol–water partition coefficient (Wildman–Crippen LogP) is -0.323. The predicted molar refractivity (Wildman–Crippen MR) is 50.0 cm³/mol. The third-order valence-electron chi connectivity index (χ3n) is 3.39. The van der Waals surface area contributed by atoms with E-state index < -0.39 is 0 Å². The number of rotatable bonds is 1. The van der Waals surface area contributed by atoms with Gasteiger partial charge >= 0.3 is 0 Å². The number of piperidine rings is 1. The normalized spacial score (nSPS) is 34.2. The Morgan fingerprint density at radius 3 is 2.67 bits per heavy atom. The van der Waals surface area contributed by atoms with Crippen molar-refractivity contribution in [3.05, 3.63) is 0 Å². The van der Waals surface area contributed by atoms with E-state index in [1.807, 2.05) is 0 Å². The van der Waals surface area contributed by atoms with Gasteiger partial charge in [-0.15, -0.1) is 0 Å². The lowest BCUT2D eigenvalue weighted by atomic mass is 9.77. The lowest BCUT2D eigenvalue weighted by Gasteiger charge is -2.33. The molecule has 1 atom stereocenters. The van der Waals surface area contributed by atoms with Gasteiger partial charge in [0.1, 0.15) is 0 Å². The molecule has 2 heterocycles. The maximum atomic E-state index is 5.65. The first-order valence-electron chi connectivity index (χ1n) is 4.99. The van der Waals surface area contributed by atoms with E-state index in [1.54, 1.807) is 0 Å². The monoisotopic (exact) mass is 169 g/mol. The average Bonchev–Trinajstić information content (AvgIpc) is 2.50. The number of hydrogen-bond donors (Lipinski definition) is 3. The van der Waals surface area contributed by atoms with Crippen molar-refractivity contribution in [3.8, 4) is 0 Å². The van der Waals surface area contributed by atoms with E-state index in [1.165, 1.54) is 38.9 Å². The molecule has 12 heavy (non-hydrogen) atoms. The van der Waals surface area contributed by atoms with Crippen molar-refractivity contribution in [1.29, 1.82) is 0 Å². The molecule has 0 saturated carbocycles. The molecule has 4 N–H and O–H groups in total. The molecular formula is C9H19N3. The van der Waals surface area contributed by atoms with Crippen LogP contribution < -0.4 is 16.4 Å². The molecule has 0 amide bonds. The molecule has 1 spiro atoms. The summed E-state index contributed by atoms with van der Waals surface area (Å²) < 4.78 is 0. The second-order valence-corrected chi connectivity index (χ2v) is 4.27. The Hall–Kier alpha value is -0.120. The zero-order chi connectivity index (χ0) is 8.44. The van der Waals surface area contributed by atoms with E-state index in [0.29, 0.717) is 11.5 Å². The minimum Gasteiger partial charge on any atom is -0.329 e. The Morgan fingerprint density at radius 1 is 1.33 bits per heavy atom. The van der Waals surface area contributed by atoms with Crippen LogP contribution in [0.2, 0.25) is 0 Å². The molecule has 0 bridgehead atoms. The Morgan fingerprint density at radius 2 is 2.08 bits per heavy atom. The highest BCUT2D eigenvalue weighted by Gasteiger charge is 2.38. The maximum absolute atomic E-state index is 5.65. The molecule has 0 aliphatic carbocycles. The molecule has 2 saturated heterocycles. The fourth-order valence-corrected chi connectivity index (χ4v) is 2.53. The molecule has 70 valence electrons. The van der Waals surface area contributed by atoms with Gasteiger partial charge in [0.2, 0.25) is 0 Å². The molecule has 2 aliphatic rings. The van der Waals surface area contributed by atoms with Gasteiger partial charge in [-0.25, -0.2) is 0 Å². The first-order chi connectivity index (χ1) is 5.85. The summed E-state index contributed by atoms with van der Waals surface area (Å²) in [5.41, 5.74) is 6.24. The van der Waals surface area contributed by atoms with Gasteiger partial charge in [-0.05, 0) is 37.8 Å². The van der Waals surface area contributed by atoms with Crippen molar-refractivity contribution < 1.29 is 0 Å². The molecule has 0 aromatic carbocycles. The van der Waals surface area contributed by atoms with E-state index in [2.05, 4.69) is 10.6 Å². The van der Waals surface area contributed by atoms with Crippen LogP contribution in [0, 0.1) is 5.41 Å². The topological polar surface area (TPSA) is 50.1 Å². The molecule has 0 radical (unpaired) electrons. The second kappa shape index (κ2) is 3.32. The zero-order valence-electron chi connectivity index (χ0n) is 7.60. The van der Waals surface area contributed by atoms with E-state index in [4.69, 9.17) is 5.73 Å². The molecule has 2 aliphatic heterocycles. The standard InChI is InChI=1S/C9H19N3/c10-6-8-5-9(7-12-8)1-3-11-4-2-9/h8,11-12H,1-7,10H2. The van der Waals surface area contributed by atoms with E-state index in [9.17, 15) is 0 Å². The van der Waals surface area contributed by atoms with Crippen molar-refractivity contribution in [2.75, 3.05) is 26.2 Å². The van der Waals surface area contributed by atoms with Crippen LogP contribution in [0.25, 0.3) is 0 Å². The Bertz CT molecular complexity index is 152. The molecule has 2 fully saturated rings. The van der Waals surface area contributed by atoms with Crippen LogP contribution in [0.4, 0.5) is 0 Å². The minimum absolute atomic E-state index is 0.586. The fourth-order valence-electron chi connectivity index (χ4n) is 2.53. The molecule has 3 heteroatoms. The summed E-state index contributed by atoms with van der Waals surface area (Å²) in [5, 5.41) is 6.92. The second-order valence-electron chi connectivity index (χ2n) is 4.27. The summed E-state index contributed by atoms with van der Waals surface area (Å²) >= 11 is 0. The smallest absolute Gasteiger partial charge is 0.0196 e. The van der Waals surface area contributed by atoms with Crippen molar-refractivity contribution >= 4 is 0 Å². The lowest BCUT2D eigenvalue weighted by Crippen LogP contribution is -2.37. The van der Waals surface area contributed by atoms with Gasteiger partial charge in [0.25, 0.3) is 0 Å². The fraction of sp³-hybridized carbons (Fsp3) is 1.00. The maximum Gasteiger partial charge on any atom is 0.0196 e. The first kappa shape index (κ1) is 8.48. The van der Waals surface area contributed by atoms with Gasteiger partial charge in [-0.1, -0.05) is 0 Å². The largest absolute Gasteiger partial charge is 0.329 e. The van der Waals surface area contributed by atoms with Crippen LogP contribution in [0.1, 0.15) is 19.3 Å². The molecular weight excluding hydrogens is 150 g/mol. The summed E-state index contributed by atoms with van der Waals surface area (Å²) in [6.45, 7) is 4.38. The van der Waals surface area contributed by atoms with Crippen LogP contribution in [0.3, 0.4) is 0 Å². The van der Waals surface area contributed by atoms with Gasteiger partial charge < -0.3 is 16.4 Å². The quantitative estimate of drug-likeness (QED) is 0.504. The van der Waals surface area contributed by atoms with Crippen LogP contribution >= 0.6 is 0 Å². The van der Waals surface area contributed by atoms with Crippen LogP contribution in [-0.4, -0.2) is 32.2 Å². The zero-order valence-corrected chi connectivity index (χ0v) is 7.60. The molecule has 0 aromatic heterocycles. The Balaban J connectivity index is 1.94. The van der Waals surface area contributed by atoms with Crippen molar-refractivity contribution in [1.82, 2.24) is 10.6 Å².